The van der Waals surface area contributed by atoms with Crippen molar-refractivity contribution in [2.45, 2.75) is 5.50 Å². The minimum atomic E-state index is -0.347. The van der Waals surface area contributed by atoms with E-state index in [1.807, 2.05) is 29.2 Å². The van der Waals surface area contributed by atoms with Crippen molar-refractivity contribution < 1.29 is 4.79 Å². The molecule has 2 rings (SSSR count). The first kappa shape index (κ1) is 13.5. The van der Waals surface area contributed by atoms with E-state index < -0.39 is 0 Å². The van der Waals surface area contributed by atoms with Gasteiger partial charge in [-0.3, -0.25) is 4.79 Å². The lowest BCUT2D eigenvalue weighted by Gasteiger charge is -2.35. The average Bonchev–Trinajstić information content (AvgIpc) is 2.32. The van der Waals surface area contributed by atoms with Crippen LogP contribution in [-0.4, -0.2) is 29.4 Å². The molecule has 1 atom stereocenters. The van der Waals surface area contributed by atoms with Gasteiger partial charge in [0.05, 0.1) is 5.70 Å². The monoisotopic (exact) mass is 327 g/mol. The lowest BCUT2D eigenvalue weighted by Crippen LogP contribution is -2.48. The molecule has 96 valence electrons. The molecule has 0 bridgehead atoms. The Hall–Kier alpha value is -0.980. The second kappa shape index (κ2) is 5.77. The van der Waals surface area contributed by atoms with Crippen LogP contribution in [0.4, 0.5) is 0 Å². The highest BCUT2D eigenvalue weighted by molar-refractivity contribution is 9.10. The summed E-state index contributed by atoms with van der Waals surface area (Å²) < 4.78 is 0.968. The van der Waals surface area contributed by atoms with Crippen LogP contribution >= 0.6 is 28.6 Å². The molecular formula is C12H14BrN3OS. The van der Waals surface area contributed by atoms with E-state index in [1.165, 1.54) is 0 Å². The largest absolute Gasteiger partial charge is 0.341 e. The number of carbonyl (C=O) groups is 1. The van der Waals surface area contributed by atoms with Crippen LogP contribution < -0.4 is 11.1 Å². The second-order valence-corrected chi connectivity index (χ2v) is 5.31. The molecule has 4 nitrogen and oxygen atoms in total. The molecule has 0 saturated carbocycles. The van der Waals surface area contributed by atoms with Gasteiger partial charge in [0.1, 0.15) is 5.50 Å². The van der Waals surface area contributed by atoms with Crippen molar-refractivity contribution in [1.29, 1.82) is 0 Å². The predicted octanol–water partition coefficient (Wildman–Crippen LogP) is 1.39. The molecule has 0 saturated heterocycles. The maximum atomic E-state index is 11.6. The maximum absolute atomic E-state index is 11.6. The highest BCUT2D eigenvalue weighted by Crippen LogP contribution is 2.26. The molecule has 6 heteroatoms. The number of thiol groups is 1. The predicted molar refractivity (Wildman–Crippen MR) is 78.8 cm³/mol. The third kappa shape index (κ3) is 2.88. The van der Waals surface area contributed by atoms with Crippen molar-refractivity contribution >= 4 is 40.2 Å². The maximum Gasteiger partial charge on any atom is 0.248 e. The van der Waals surface area contributed by atoms with Gasteiger partial charge in [0.2, 0.25) is 5.91 Å². The molecule has 1 amide bonds. The van der Waals surface area contributed by atoms with Crippen LogP contribution in [-0.2, 0) is 4.79 Å². The number of nitrogens with one attached hydrogen (secondary N) is 1. The summed E-state index contributed by atoms with van der Waals surface area (Å²) in [5, 5.41) is 2.74. The molecular weight excluding hydrogens is 314 g/mol. The number of hydrogen-bond donors (Lipinski definition) is 3. The van der Waals surface area contributed by atoms with E-state index in [2.05, 4.69) is 33.9 Å². The van der Waals surface area contributed by atoms with E-state index in [9.17, 15) is 4.79 Å². The zero-order valence-corrected chi connectivity index (χ0v) is 12.1. The normalized spacial score (nSPS) is 19.5. The zero-order valence-electron chi connectivity index (χ0n) is 9.64. The lowest BCUT2D eigenvalue weighted by atomic mass is 10.1. The van der Waals surface area contributed by atoms with Crippen molar-refractivity contribution in [2.24, 2.45) is 5.73 Å². The fraction of sp³-hybridized carbons (Fsp3) is 0.250. The summed E-state index contributed by atoms with van der Waals surface area (Å²) in [4.78, 5) is 13.6. The third-order valence-corrected chi connectivity index (χ3v) is 3.54. The highest BCUT2D eigenvalue weighted by atomic mass is 79.9. The van der Waals surface area contributed by atoms with E-state index in [4.69, 9.17) is 5.73 Å². The quantitative estimate of drug-likeness (QED) is 0.735. The first-order chi connectivity index (χ1) is 8.61. The number of carbonyl (C=O) groups excluding carboxylic acids is 1. The number of halogens is 1. The van der Waals surface area contributed by atoms with Crippen LogP contribution in [0.5, 0.6) is 0 Å². The van der Waals surface area contributed by atoms with Crippen molar-refractivity contribution in [3.05, 3.63) is 40.4 Å². The molecule has 1 unspecified atom stereocenters. The van der Waals surface area contributed by atoms with Crippen molar-refractivity contribution in [1.82, 2.24) is 10.2 Å². The summed E-state index contributed by atoms with van der Waals surface area (Å²) in [7, 11) is 0. The van der Waals surface area contributed by atoms with Gasteiger partial charge in [0.25, 0.3) is 0 Å². The summed E-state index contributed by atoms with van der Waals surface area (Å²) in [5.74, 6) is -0.141. The Morgan fingerprint density at radius 1 is 1.50 bits per heavy atom. The Balaban J connectivity index is 2.40. The summed E-state index contributed by atoms with van der Waals surface area (Å²) in [6, 6.07) is 7.80. The lowest BCUT2D eigenvalue weighted by molar-refractivity contribution is -0.117. The van der Waals surface area contributed by atoms with Crippen LogP contribution in [0.3, 0.4) is 0 Å². The molecule has 0 radical (unpaired) electrons. The van der Waals surface area contributed by atoms with Crippen molar-refractivity contribution in [3.8, 4) is 0 Å². The van der Waals surface area contributed by atoms with Gasteiger partial charge in [-0.25, -0.2) is 0 Å². The van der Waals surface area contributed by atoms with E-state index in [0.717, 1.165) is 15.7 Å². The molecule has 1 aromatic carbocycles. The first-order valence-electron chi connectivity index (χ1n) is 5.54. The van der Waals surface area contributed by atoms with E-state index in [-0.39, 0.29) is 11.4 Å². The van der Waals surface area contributed by atoms with E-state index in [0.29, 0.717) is 13.1 Å². The number of nitrogens with two attached hydrogens (primary N) is 1. The minimum absolute atomic E-state index is 0.141. The molecule has 3 N–H and O–H groups in total. The Kier molecular flexibility index (Phi) is 4.31. The third-order valence-electron chi connectivity index (χ3n) is 2.63. The van der Waals surface area contributed by atoms with Crippen molar-refractivity contribution in [3.63, 3.8) is 0 Å². The van der Waals surface area contributed by atoms with Crippen LogP contribution in [0.25, 0.3) is 5.70 Å². The summed E-state index contributed by atoms with van der Waals surface area (Å²) in [6.45, 7) is 1.13. The molecule has 0 aromatic heterocycles. The average molecular weight is 328 g/mol. The zero-order chi connectivity index (χ0) is 13.1. The molecule has 0 fully saturated rings. The summed E-state index contributed by atoms with van der Waals surface area (Å²) in [6.07, 6.45) is 1.57. The van der Waals surface area contributed by atoms with Gasteiger partial charge in [0, 0.05) is 23.6 Å². The van der Waals surface area contributed by atoms with Gasteiger partial charge in [0.15, 0.2) is 0 Å². The molecule has 0 aliphatic carbocycles. The Morgan fingerprint density at radius 3 is 2.94 bits per heavy atom. The number of amides is 1. The van der Waals surface area contributed by atoms with Crippen molar-refractivity contribution in [2.75, 3.05) is 13.1 Å². The van der Waals surface area contributed by atoms with Gasteiger partial charge in [-0.1, -0.05) is 28.1 Å². The summed E-state index contributed by atoms with van der Waals surface area (Å²) in [5.41, 5.74) is 7.06. The number of nitrogens with zero attached hydrogens (tertiary/aromatic N) is 1. The molecule has 1 aromatic rings. The van der Waals surface area contributed by atoms with Gasteiger partial charge in [-0.15, -0.1) is 12.6 Å². The van der Waals surface area contributed by atoms with Crippen LogP contribution in [0.2, 0.25) is 0 Å². The SMILES string of the molecule is NCCN1C(c2cccc(Br)c2)=CC(=O)NC1S. The van der Waals surface area contributed by atoms with Crippen LogP contribution in [0.15, 0.2) is 34.8 Å². The molecule has 0 spiro atoms. The van der Waals surface area contributed by atoms with E-state index >= 15 is 0 Å². The van der Waals surface area contributed by atoms with Crippen LogP contribution in [0.1, 0.15) is 5.56 Å². The first-order valence-corrected chi connectivity index (χ1v) is 6.85. The fourth-order valence-electron chi connectivity index (χ4n) is 1.86. The number of rotatable bonds is 3. The Morgan fingerprint density at radius 2 is 2.28 bits per heavy atom. The molecule has 1 heterocycles. The molecule has 18 heavy (non-hydrogen) atoms. The minimum Gasteiger partial charge on any atom is -0.341 e. The number of hydrogen-bond acceptors (Lipinski definition) is 4. The topological polar surface area (TPSA) is 58.4 Å². The smallest absolute Gasteiger partial charge is 0.248 e. The van der Waals surface area contributed by atoms with Gasteiger partial charge < -0.3 is 16.0 Å². The summed E-state index contributed by atoms with van der Waals surface area (Å²) >= 11 is 7.80. The van der Waals surface area contributed by atoms with Crippen LogP contribution in [0, 0.1) is 0 Å². The fourth-order valence-corrected chi connectivity index (χ4v) is 2.63. The molecule has 1 aliphatic rings. The van der Waals surface area contributed by atoms with Gasteiger partial charge in [-0.05, 0) is 17.7 Å². The highest BCUT2D eigenvalue weighted by Gasteiger charge is 2.24. The Bertz CT molecular complexity index is 492. The molecule has 1 aliphatic heterocycles. The van der Waals surface area contributed by atoms with Gasteiger partial charge >= 0.3 is 0 Å². The number of benzene rings is 1. The standard InChI is InChI=1S/C12H14BrN3OS/c13-9-3-1-2-8(6-9)10-7-11(17)15-12(18)16(10)5-4-14/h1-3,6-7,12,18H,4-5,14H2,(H,15,17). The van der Waals surface area contributed by atoms with E-state index in [1.54, 1.807) is 6.08 Å². The van der Waals surface area contributed by atoms with Gasteiger partial charge in [-0.2, -0.15) is 0 Å². The second-order valence-electron chi connectivity index (χ2n) is 3.90. The Labute approximate surface area is 120 Å².